The number of nitrogens with zero attached hydrogens (tertiary/aromatic N) is 4. The molecule has 2 aromatic heterocycles. The van der Waals surface area contributed by atoms with E-state index in [1.165, 1.54) is 10.9 Å². The molecule has 5 nitrogen and oxygen atoms in total. The molecule has 0 aliphatic carbocycles. The van der Waals surface area contributed by atoms with Gasteiger partial charge in [-0.1, -0.05) is 11.6 Å². The topological polar surface area (TPSA) is 69.6 Å². The molecule has 0 fully saturated rings. The predicted molar refractivity (Wildman–Crippen MR) is 56.3 cm³/mol. The first-order chi connectivity index (χ1) is 6.66. The van der Waals surface area contributed by atoms with Crippen molar-refractivity contribution in [2.24, 2.45) is 0 Å². The first kappa shape index (κ1) is 9.42. The van der Waals surface area contributed by atoms with Gasteiger partial charge in [0.1, 0.15) is 5.02 Å². The Hall–Kier alpha value is -1.14. The lowest BCUT2D eigenvalue weighted by atomic mass is 10.6. The molecule has 14 heavy (non-hydrogen) atoms. The van der Waals surface area contributed by atoms with Crippen molar-refractivity contribution in [1.82, 2.24) is 19.7 Å². The fourth-order valence-electron chi connectivity index (χ4n) is 0.949. The van der Waals surface area contributed by atoms with E-state index in [0.29, 0.717) is 10.8 Å². The number of hydrogen-bond acceptors (Lipinski definition) is 4. The van der Waals surface area contributed by atoms with E-state index in [2.05, 4.69) is 31.0 Å². The lowest BCUT2D eigenvalue weighted by Gasteiger charge is -2.02. The Morgan fingerprint density at radius 2 is 2.21 bits per heavy atom. The molecule has 0 radical (unpaired) electrons. The van der Waals surface area contributed by atoms with Gasteiger partial charge in [0.05, 0.1) is 16.9 Å². The molecule has 0 spiro atoms. The van der Waals surface area contributed by atoms with Crippen LogP contribution in [0.15, 0.2) is 23.1 Å². The van der Waals surface area contributed by atoms with Gasteiger partial charge in [-0.15, -0.1) is 0 Å². The molecule has 0 aliphatic heterocycles. The molecule has 0 amide bonds. The zero-order chi connectivity index (χ0) is 10.1. The molecule has 0 saturated heterocycles. The molecule has 0 aliphatic rings. The van der Waals surface area contributed by atoms with Crippen LogP contribution in [0.1, 0.15) is 0 Å². The van der Waals surface area contributed by atoms with Crippen LogP contribution < -0.4 is 5.73 Å². The molecule has 2 rings (SSSR count). The summed E-state index contributed by atoms with van der Waals surface area (Å²) in [5.41, 5.74) is 5.44. The van der Waals surface area contributed by atoms with Crippen LogP contribution in [-0.2, 0) is 0 Å². The Bertz CT molecular complexity index is 469. The summed E-state index contributed by atoms with van der Waals surface area (Å²) in [7, 11) is 0. The summed E-state index contributed by atoms with van der Waals surface area (Å²) in [4.78, 5) is 7.72. The van der Waals surface area contributed by atoms with Crippen molar-refractivity contribution in [2.75, 3.05) is 5.73 Å². The Balaban J connectivity index is 2.55. The summed E-state index contributed by atoms with van der Waals surface area (Å²) in [5, 5.41) is 4.43. The summed E-state index contributed by atoms with van der Waals surface area (Å²) in [5.74, 6) is 0.626. The number of hydrogen-bond donors (Lipinski definition) is 1. The molecule has 2 N–H and O–H groups in total. The zero-order valence-corrected chi connectivity index (χ0v) is 9.20. The lowest BCUT2D eigenvalue weighted by Crippen LogP contribution is -2.03. The molecular formula is C7H5BrClN5. The first-order valence-corrected chi connectivity index (χ1v) is 4.82. The molecule has 0 saturated carbocycles. The third-order valence-corrected chi connectivity index (χ3v) is 2.19. The number of aromatic nitrogens is 4. The SMILES string of the molecule is Nc1ncc(Cl)c(-n2cc(Br)cn2)n1. The maximum Gasteiger partial charge on any atom is 0.222 e. The van der Waals surface area contributed by atoms with Crippen molar-refractivity contribution in [3.8, 4) is 5.82 Å². The number of anilines is 1. The van der Waals surface area contributed by atoms with E-state index >= 15 is 0 Å². The van der Waals surface area contributed by atoms with Crippen LogP contribution in [0.2, 0.25) is 5.02 Å². The van der Waals surface area contributed by atoms with Crippen LogP contribution in [0.25, 0.3) is 5.82 Å². The van der Waals surface area contributed by atoms with Crippen LogP contribution in [0.3, 0.4) is 0 Å². The summed E-state index contributed by atoms with van der Waals surface area (Å²) >= 11 is 9.15. The minimum Gasteiger partial charge on any atom is -0.368 e. The highest BCUT2D eigenvalue weighted by atomic mass is 79.9. The number of nitrogen functional groups attached to an aromatic ring is 1. The fourth-order valence-corrected chi connectivity index (χ4v) is 1.41. The monoisotopic (exact) mass is 273 g/mol. The smallest absolute Gasteiger partial charge is 0.222 e. The van der Waals surface area contributed by atoms with Crippen LogP contribution in [0.4, 0.5) is 5.95 Å². The Morgan fingerprint density at radius 3 is 2.86 bits per heavy atom. The minimum atomic E-state index is 0.163. The van der Waals surface area contributed by atoms with E-state index in [4.69, 9.17) is 17.3 Å². The summed E-state index contributed by atoms with van der Waals surface area (Å²) in [6, 6.07) is 0. The van der Waals surface area contributed by atoms with E-state index in [1.807, 2.05) is 0 Å². The van der Waals surface area contributed by atoms with Crippen molar-refractivity contribution in [3.05, 3.63) is 28.1 Å². The van der Waals surface area contributed by atoms with Crippen LogP contribution in [0, 0.1) is 0 Å². The molecule has 0 aromatic carbocycles. The van der Waals surface area contributed by atoms with E-state index in [1.54, 1.807) is 12.4 Å². The molecule has 72 valence electrons. The normalized spacial score (nSPS) is 10.4. The average molecular weight is 275 g/mol. The summed E-state index contributed by atoms with van der Waals surface area (Å²) in [6.45, 7) is 0. The Labute approximate surface area is 93.0 Å². The van der Waals surface area contributed by atoms with Gasteiger partial charge in [-0.3, -0.25) is 0 Å². The molecule has 2 aromatic rings. The molecule has 2 heterocycles. The largest absolute Gasteiger partial charge is 0.368 e. The highest BCUT2D eigenvalue weighted by Gasteiger charge is 2.06. The maximum atomic E-state index is 5.88. The minimum absolute atomic E-state index is 0.163. The standard InChI is InChI=1S/C7H5BrClN5/c8-4-1-12-14(3-4)6-5(9)2-11-7(10)13-6/h1-3H,(H2,10,11,13). The second-order valence-corrected chi connectivity index (χ2v) is 3.83. The van der Waals surface area contributed by atoms with E-state index in [9.17, 15) is 0 Å². The second-order valence-electron chi connectivity index (χ2n) is 2.50. The van der Waals surface area contributed by atoms with E-state index in [-0.39, 0.29) is 5.95 Å². The van der Waals surface area contributed by atoms with Gasteiger partial charge in [-0.2, -0.15) is 10.1 Å². The van der Waals surface area contributed by atoms with Crippen molar-refractivity contribution in [3.63, 3.8) is 0 Å². The third-order valence-electron chi connectivity index (χ3n) is 1.51. The number of rotatable bonds is 1. The molecule has 0 atom stereocenters. The van der Waals surface area contributed by atoms with E-state index < -0.39 is 0 Å². The molecule has 7 heteroatoms. The fraction of sp³-hybridized carbons (Fsp3) is 0. The Kier molecular flexibility index (Phi) is 2.39. The van der Waals surface area contributed by atoms with Gasteiger partial charge < -0.3 is 5.73 Å². The predicted octanol–water partition coefficient (Wildman–Crippen LogP) is 1.66. The first-order valence-electron chi connectivity index (χ1n) is 3.65. The van der Waals surface area contributed by atoms with Crippen molar-refractivity contribution >= 4 is 33.5 Å². The third kappa shape index (κ3) is 1.71. The van der Waals surface area contributed by atoms with Gasteiger partial charge in [0, 0.05) is 6.20 Å². The number of halogens is 2. The van der Waals surface area contributed by atoms with Crippen molar-refractivity contribution < 1.29 is 0 Å². The van der Waals surface area contributed by atoms with Gasteiger partial charge in [0.15, 0.2) is 5.82 Å². The molecule has 0 bridgehead atoms. The van der Waals surface area contributed by atoms with Gasteiger partial charge >= 0.3 is 0 Å². The van der Waals surface area contributed by atoms with Crippen LogP contribution in [0.5, 0.6) is 0 Å². The zero-order valence-electron chi connectivity index (χ0n) is 6.85. The molecular weight excluding hydrogens is 269 g/mol. The van der Waals surface area contributed by atoms with Gasteiger partial charge in [0.25, 0.3) is 0 Å². The lowest BCUT2D eigenvalue weighted by molar-refractivity contribution is 0.842. The quantitative estimate of drug-likeness (QED) is 0.858. The van der Waals surface area contributed by atoms with Crippen LogP contribution >= 0.6 is 27.5 Å². The Morgan fingerprint density at radius 1 is 1.43 bits per heavy atom. The summed E-state index contributed by atoms with van der Waals surface area (Å²) in [6.07, 6.45) is 4.80. The van der Waals surface area contributed by atoms with Crippen LogP contribution in [-0.4, -0.2) is 19.7 Å². The van der Waals surface area contributed by atoms with Crippen molar-refractivity contribution in [1.29, 1.82) is 0 Å². The van der Waals surface area contributed by atoms with Crippen molar-refractivity contribution in [2.45, 2.75) is 0 Å². The maximum absolute atomic E-state index is 5.88. The van der Waals surface area contributed by atoms with Gasteiger partial charge in [-0.25, -0.2) is 9.67 Å². The highest BCUT2D eigenvalue weighted by Crippen LogP contribution is 2.18. The van der Waals surface area contributed by atoms with E-state index in [0.717, 1.165) is 4.47 Å². The second kappa shape index (κ2) is 3.55. The summed E-state index contributed by atoms with van der Waals surface area (Å²) < 4.78 is 2.36. The average Bonchev–Trinajstić information content (AvgIpc) is 2.56. The van der Waals surface area contributed by atoms with Gasteiger partial charge in [-0.05, 0) is 15.9 Å². The number of nitrogens with two attached hydrogens (primary N) is 1. The highest BCUT2D eigenvalue weighted by molar-refractivity contribution is 9.10. The molecule has 0 unspecified atom stereocenters. The van der Waals surface area contributed by atoms with Gasteiger partial charge in [0.2, 0.25) is 5.95 Å².